The third-order valence-electron chi connectivity index (χ3n) is 3.80. The van der Waals surface area contributed by atoms with Crippen molar-refractivity contribution in [2.75, 3.05) is 18.1 Å². The number of carbonyl (C=O) groups is 1. The molecular formula is C18H17F2NO2. The standard InChI is InChI=1S/C18H17F2NO2/c1-2-5-21-17-4-3-12(6-14(17)10-23-11-18(21)22)13-7-15(19)9-16(20)8-13/h3-4,6-9H,2,5,10-11H2,1H3. The summed E-state index contributed by atoms with van der Waals surface area (Å²) in [5, 5.41) is 0. The minimum absolute atomic E-state index is 0.0403. The fourth-order valence-electron chi connectivity index (χ4n) is 2.79. The molecule has 2 aromatic rings. The summed E-state index contributed by atoms with van der Waals surface area (Å²) in [7, 11) is 0. The Morgan fingerprint density at radius 1 is 1.04 bits per heavy atom. The van der Waals surface area contributed by atoms with E-state index in [1.54, 1.807) is 11.0 Å². The first-order chi connectivity index (χ1) is 11.1. The first-order valence-electron chi connectivity index (χ1n) is 7.56. The number of rotatable bonds is 3. The molecule has 120 valence electrons. The van der Waals surface area contributed by atoms with Crippen LogP contribution < -0.4 is 4.90 Å². The fourth-order valence-corrected chi connectivity index (χ4v) is 2.79. The zero-order valence-electron chi connectivity index (χ0n) is 12.8. The molecule has 0 unspecified atom stereocenters. The second-order valence-corrected chi connectivity index (χ2v) is 5.54. The van der Waals surface area contributed by atoms with Crippen molar-refractivity contribution in [2.24, 2.45) is 0 Å². The van der Waals surface area contributed by atoms with Gasteiger partial charge in [0.2, 0.25) is 0 Å². The number of carbonyl (C=O) groups excluding carboxylic acids is 1. The number of fused-ring (bicyclic) bond motifs is 1. The van der Waals surface area contributed by atoms with Crippen molar-refractivity contribution in [3.8, 4) is 11.1 Å². The molecule has 23 heavy (non-hydrogen) atoms. The number of amides is 1. The van der Waals surface area contributed by atoms with Crippen LogP contribution >= 0.6 is 0 Å². The van der Waals surface area contributed by atoms with E-state index in [4.69, 9.17) is 4.74 Å². The molecular weight excluding hydrogens is 300 g/mol. The van der Waals surface area contributed by atoms with Crippen LogP contribution in [0.5, 0.6) is 0 Å². The van der Waals surface area contributed by atoms with E-state index in [1.807, 2.05) is 19.1 Å². The third-order valence-corrected chi connectivity index (χ3v) is 3.80. The van der Waals surface area contributed by atoms with Crippen LogP contribution in [0.15, 0.2) is 36.4 Å². The van der Waals surface area contributed by atoms with Crippen molar-refractivity contribution >= 4 is 11.6 Å². The highest BCUT2D eigenvalue weighted by Gasteiger charge is 2.22. The molecule has 0 radical (unpaired) electrons. The second kappa shape index (κ2) is 6.46. The zero-order valence-corrected chi connectivity index (χ0v) is 12.8. The highest BCUT2D eigenvalue weighted by molar-refractivity contribution is 5.96. The summed E-state index contributed by atoms with van der Waals surface area (Å²) in [6.07, 6.45) is 0.835. The normalized spacial score (nSPS) is 14.6. The molecule has 0 fully saturated rings. The molecule has 0 N–H and O–H groups in total. The molecule has 0 bridgehead atoms. The lowest BCUT2D eigenvalue weighted by Crippen LogP contribution is -2.33. The Morgan fingerprint density at radius 2 is 1.78 bits per heavy atom. The van der Waals surface area contributed by atoms with Crippen LogP contribution in [-0.4, -0.2) is 19.1 Å². The van der Waals surface area contributed by atoms with Gasteiger partial charge in [-0.05, 0) is 41.8 Å². The van der Waals surface area contributed by atoms with Crippen molar-refractivity contribution in [1.82, 2.24) is 0 Å². The van der Waals surface area contributed by atoms with Gasteiger partial charge in [-0.2, -0.15) is 0 Å². The van der Waals surface area contributed by atoms with Gasteiger partial charge in [0.05, 0.1) is 6.61 Å². The summed E-state index contributed by atoms with van der Waals surface area (Å²) in [5.74, 6) is -1.31. The number of ether oxygens (including phenoxy) is 1. The topological polar surface area (TPSA) is 29.5 Å². The second-order valence-electron chi connectivity index (χ2n) is 5.54. The minimum Gasteiger partial charge on any atom is -0.367 e. The number of anilines is 1. The van der Waals surface area contributed by atoms with E-state index >= 15 is 0 Å². The third kappa shape index (κ3) is 3.24. The molecule has 0 aromatic heterocycles. The maximum absolute atomic E-state index is 13.4. The highest BCUT2D eigenvalue weighted by atomic mass is 19.1. The van der Waals surface area contributed by atoms with Crippen LogP contribution in [-0.2, 0) is 16.1 Å². The molecule has 1 heterocycles. The van der Waals surface area contributed by atoms with E-state index < -0.39 is 11.6 Å². The van der Waals surface area contributed by atoms with Gasteiger partial charge >= 0.3 is 0 Å². The minimum atomic E-state index is -0.617. The Balaban J connectivity index is 2.04. The van der Waals surface area contributed by atoms with E-state index in [-0.39, 0.29) is 12.5 Å². The first-order valence-corrected chi connectivity index (χ1v) is 7.56. The fraction of sp³-hybridized carbons (Fsp3) is 0.278. The summed E-state index contributed by atoms with van der Waals surface area (Å²) < 4.78 is 32.2. The Labute approximate surface area is 133 Å². The quantitative estimate of drug-likeness (QED) is 0.859. The molecule has 5 heteroatoms. The maximum atomic E-state index is 13.4. The van der Waals surface area contributed by atoms with E-state index in [9.17, 15) is 13.6 Å². The van der Waals surface area contributed by atoms with Crippen LogP contribution in [0.2, 0.25) is 0 Å². The van der Waals surface area contributed by atoms with Crippen molar-refractivity contribution in [2.45, 2.75) is 20.0 Å². The lowest BCUT2D eigenvalue weighted by Gasteiger charge is -2.22. The van der Waals surface area contributed by atoms with Gasteiger partial charge in [-0.15, -0.1) is 0 Å². The largest absolute Gasteiger partial charge is 0.367 e. The van der Waals surface area contributed by atoms with Crippen LogP contribution in [0.25, 0.3) is 11.1 Å². The van der Waals surface area contributed by atoms with E-state index in [0.717, 1.165) is 23.7 Å². The van der Waals surface area contributed by atoms with Gasteiger partial charge in [0, 0.05) is 23.9 Å². The van der Waals surface area contributed by atoms with E-state index in [0.29, 0.717) is 24.3 Å². The van der Waals surface area contributed by atoms with Gasteiger partial charge in [-0.25, -0.2) is 8.78 Å². The predicted molar refractivity (Wildman–Crippen MR) is 84.1 cm³/mol. The Hall–Kier alpha value is -2.27. The van der Waals surface area contributed by atoms with E-state index in [1.165, 1.54) is 12.1 Å². The van der Waals surface area contributed by atoms with E-state index in [2.05, 4.69) is 0 Å². The molecule has 1 aliphatic heterocycles. The Kier molecular flexibility index (Phi) is 4.39. The lowest BCUT2D eigenvalue weighted by molar-refractivity contribution is -0.123. The molecule has 0 saturated heterocycles. The molecule has 0 spiro atoms. The van der Waals surface area contributed by atoms with Crippen molar-refractivity contribution in [3.05, 3.63) is 53.6 Å². The monoisotopic (exact) mass is 317 g/mol. The number of hydrogen-bond acceptors (Lipinski definition) is 2. The summed E-state index contributed by atoms with van der Waals surface area (Å²) in [6, 6.07) is 8.83. The van der Waals surface area contributed by atoms with Gasteiger partial charge in [0.1, 0.15) is 18.2 Å². The number of hydrogen-bond donors (Lipinski definition) is 0. The molecule has 0 atom stereocenters. The summed E-state index contributed by atoms with van der Waals surface area (Å²) in [5.41, 5.74) is 2.79. The first kappa shape index (κ1) is 15.6. The molecule has 2 aromatic carbocycles. The summed E-state index contributed by atoms with van der Waals surface area (Å²) >= 11 is 0. The zero-order chi connectivity index (χ0) is 16.4. The average molecular weight is 317 g/mol. The molecule has 1 amide bonds. The molecule has 0 saturated carbocycles. The van der Waals surface area contributed by atoms with Gasteiger partial charge in [0.25, 0.3) is 5.91 Å². The van der Waals surface area contributed by atoms with Crippen LogP contribution in [0.3, 0.4) is 0 Å². The van der Waals surface area contributed by atoms with Crippen LogP contribution in [0.4, 0.5) is 14.5 Å². The summed E-state index contributed by atoms with van der Waals surface area (Å²) in [4.78, 5) is 13.8. The lowest BCUT2D eigenvalue weighted by atomic mass is 10.0. The highest BCUT2D eigenvalue weighted by Crippen LogP contribution is 2.31. The predicted octanol–water partition coefficient (Wildman–Crippen LogP) is 3.91. The maximum Gasteiger partial charge on any atom is 0.252 e. The summed E-state index contributed by atoms with van der Waals surface area (Å²) in [6.45, 7) is 2.96. The Morgan fingerprint density at radius 3 is 2.48 bits per heavy atom. The van der Waals surface area contributed by atoms with Crippen molar-refractivity contribution in [3.63, 3.8) is 0 Å². The van der Waals surface area contributed by atoms with Crippen LogP contribution in [0.1, 0.15) is 18.9 Å². The van der Waals surface area contributed by atoms with Gasteiger partial charge < -0.3 is 9.64 Å². The average Bonchev–Trinajstić information content (AvgIpc) is 2.66. The molecule has 0 aliphatic carbocycles. The number of nitrogens with zero attached hydrogens (tertiary/aromatic N) is 1. The molecule has 1 aliphatic rings. The van der Waals surface area contributed by atoms with Crippen molar-refractivity contribution < 1.29 is 18.3 Å². The Bertz CT molecular complexity index is 726. The number of benzene rings is 2. The number of halogens is 2. The molecule has 3 nitrogen and oxygen atoms in total. The molecule has 3 rings (SSSR count). The van der Waals surface area contributed by atoms with Crippen molar-refractivity contribution in [1.29, 1.82) is 0 Å². The SMILES string of the molecule is CCCN1C(=O)COCc2cc(-c3cc(F)cc(F)c3)ccc21. The van der Waals surface area contributed by atoms with Gasteiger partial charge in [-0.3, -0.25) is 4.79 Å². The smallest absolute Gasteiger partial charge is 0.252 e. The van der Waals surface area contributed by atoms with Crippen LogP contribution in [0, 0.1) is 11.6 Å². The van der Waals surface area contributed by atoms with Gasteiger partial charge in [0.15, 0.2) is 0 Å². The van der Waals surface area contributed by atoms with Gasteiger partial charge in [-0.1, -0.05) is 13.0 Å².